The van der Waals surface area contributed by atoms with Crippen molar-refractivity contribution in [1.82, 2.24) is 39.5 Å². The molecule has 6 aromatic rings. The predicted octanol–water partition coefficient (Wildman–Crippen LogP) is 5.35. The number of aliphatic hydroxyl groups excluding tert-OH is 1. The average molecular weight is 871 g/mol. The Labute approximate surface area is 374 Å². The Kier molecular flexibility index (Phi) is 9.39. The molecule has 5 aliphatic rings. The minimum Gasteiger partial charge on any atom is -0.492 e. The number of hydrogen-bond donors (Lipinski definition) is 3. The number of amides is 5. The third-order valence-electron chi connectivity index (χ3n) is 13.7. The van der Waals surface area contributed by atoms with Gasteiger partial charge in [-0.25, -0.2) is 9.97 Å². The molecule has 0 radical (unpaired) electrons. The first kappa shape index (κ1) is 40.4. The van der Waals surface area contributed by atoms with Crippen LogP contribution in [0.25, 0.3) is 56.2 Å². The third-order valence-corrected chi connectivity index (χ3v) is 13.7. The first-order valence-electron chi connectivity index (χ1n) is 22.0. The number of aromatic nitrogens is 4. The Morgan fingerprint density at radius 3 is 1.83 bits per heavy atom. The summed E-state index contributed by atoms with van der Waals surface area (Å²) in [5.41, 5.74) is 15.1. The monoisotopic (exact) mass is 870 g/mol. The van der Waals surface area contributed by atoms with Gasteiger partial charge in [-0.15, -0.1) is 0 Å². The number of aryl methyl sites for hydroxylation is 4. The highest BCUT2D eigenvalue weighted by atomic mass is 16.5. The number of imide groups is 1. The number of rotatable bonds is 7. The van der Waals surface area contributed by atoms with Crippen molar-refractivity contribution >= 4 is 29.5 Å². The molecule has 65 heavy (non-hydrogen) atoms. The van der Waals surface area contributed by atoms with E-state index >= 15 is 0 Å². The second kappa shape index (κ2) is 15.1. The lowest BCUT2D eigenvalue weighted by molar-refractivity contribution is -0.137. The molecule has 11 rings (SSSR count). The van der Waals surface area contributed by atoms with Crippen molar-refractivity contribution in [3.05, 3.63) is 112 Å². The molecule has 2 fully saturated rings. The number of nitrogens with zero attached hydrogens (tertiary/aromatic N) is 6. The summed E-state index contributed by atoms with van der Waals surface area (Å²) in [6.07, 6.45) is 4.76. The largest absolute Gasteiger partial charge is 0.492 e. The third kappa shape index (κ3) is 6.54. The molecule has 7 heterocycles. The molecule has 2 saturated heterocycles. The van der Waals surface area contributed by atoms with Gasteiger partial charge in [-0.3, -0.25) is 29.3 Å². The van der Waals surface area contributed by atoms with Crippen molar-refractivity contribution in [2.24, 2.45) is 14.1 Å². The van der Waals surface area contributed by atoms with Gasteiger partial charge < -0.3 is 34.1 Å². The minimum absolute atomic E-state index is 0.190. The Bertz CT molecular complexity index is 3070. The number of imidazole rings is 2. The Hall–Kier alpha value is -7.39. The number of aliphatic hydroxyl groups is 1. The van der Waals surface area contributed by atoms with Crippen molar-refractivity contribution in [1.29, 1.82) is 0 Å². The number of nitrogens with one attached hydrogen (secondary N) is 2. The predicted molar refractivity (Wildman–Crippen MR) is 239 cm³/mol. The van der Waals surface area contributed by atoms with Crippen molar-refractivity contribution < 1.29 is 33.8 Å². The minimum atomic E-state index is -0.894. The van der Waals surface area contributed by atoms with E-state index in [1.165, 1.54) is 0 Å². The van der Waals surface area contributed by atoms with Crippen molar-refractivity contribution in [2.45, 2.75) is 77.4 Å². The van der Waals surface area contributed by atoms with Crippen LogP contribution in [0.2, 0.25) is 0 Å². The fourth-order valence-electron chi connectivity index (χ4n) is 10.6. The molecule has 3 N–H and O–H groups in total. The first-order chi connectivity index (χ1) is 31.3. The summed E-state index contributed by atoms with van der Waals surface area (Å²) in [6, 6.07) is 18.9. The fraction of sp³-hybridized carbons (Fsp3) is 0.300. The van der Waals surface area contributed by atoms with Gasteiger partial charge in [0.1, 0.15) is 24.1 Å². The van der Waals surface area contributed by atoms with Crippen LogP contribution in [0.15, 0.2) is 73.3 Å². The van der Waals surface area contributed by atoms with Crippen LogP contribution in [-0.4, -0.2) is 88.5 Å². The lowest BCUT2D eigenvalue weighted by Crippen LogP contribution is -2.54. The van der Waals surface area contributed by atoms with Gasteiger partial charge >= 0.3 is 0 Å². The van der Waals surface area contributed by atoms with E-state index in [4.69, 9.17) is 14.7 Å². The van der Waals surface area contributed by atoms with Gasteiger partial charge in [0, 0.05) is 79.0 Å². The van der Waals surface area contributed by atoms with Gasteiger partial charge in [0.2, 0.25) is 17.7 Å². The molecule has 0 bridgehead atoms. The van der Waals surface area contributed by atoms with Crippen LogP contribution in [-0.2, 0) is 48.0 Å². The van der Waals surface area contributed by atoms with E-state index in [-0.39, 0.29) is 36.6 Å². The molecule has 328 valence electrons. The zero-order chi connectivity index (χ0) is 45.0. The van der Waals surface area contributed by atoms with Crippen molar-refractivity contribution in [2.75, 3.05) is 6.61 Å². The van der Waals surface area contributed by atoms with Gasteiger partial charge in [0.15, 0.2) is 0 Å². The molecular weight excluding hydrogens is 825 g/mol. The lowest BCUT2D eigenvalue weighted by atomic mass is 9.89. The summed E-state index contributed by atoms with van der Waals surface area (Å²) in [5, 5.41) is 14.9. The van der Waals surface area contributed by atoms with Crippen LogP contribution in [0.5, 0.6) is 5.75 Å². The smallest absolute Gasteiger partial charge is 0.255 e. The number of hydrogen-bond acceptors (Lipinski definition) is 9. The fourth-order valence-corrected chi connectivity index (χ4v) is 10.6. The Balaban J connectivity index is 0.917. The second-order valence-corrected chi connectivity index (χ2v) is 17.9. The summed E-state index contributed by atoms with van der Waals surface area (Å²) < 4.78 is 10.4. The molecule has 0 saturated carbocycles. The van der Waals surface area contributed by atoms with Crippen LogP contribution < -0.4 is 15.4 Å². The highest BCUT2D eigenvalue weighted by Crippen LogP contribution is 2.45. The van der Waals surface area contributed by atoms with Crippen LogP contribution in [0, 0.1) is 13.8 Å². The molecule has 5 aliphatic heterocycles. The summed E-state index contributed by atoms with van der Waals surface area (Å²) in [7, 11) is 3.96. The van der Waals surface area contributed by atoms with Gasteiger partial charge in [0.05, 0.1) is 42.0 Å². The highest BCUT2D eigenvalue weighted by Gasteiger charge is 2.41. The summed E-state index contributed by atoms with van der Waals surface area (Å²) in [4.78, 5) is 77.2. The van der Waals surface area contributed by atoms with E-state index < -0.39 is 24.2 Å². The summed E-state index contributed by atoms with van der Waals surface area (Å²) in [5.74, 6) is -0.639. The van der Waals surface area contributed by atoms with E-state index in [1.807, 2.05) is 59.6 Å². The van der Waals surface area contributed by atoms with Gasteiger partial charge in [-0.2, -0.15) is 0 Å². The Morgan fingerprint density at radius 1 is 0.631 bits per heavy atom. The normalized spacial score (nSPS) is 20.2. The van der Waals surface area contributed by atoms with E-state index in [0.29, 0.717) is 43.5 Å². The molecule has 15 heteroatoms. The molecule has 3 atom stereocenters. The van der Waals surface area contributed by atoms with Crippen LogP contribution in [0.1, 0.15) is 74.2 Å². The number of carbonyl (C=O) groups is 5. The molecule has 15 nitrogen and oxygen atoms in total. The van der Waals surface area contributed by atoms with E-state index in [9.17, 15) is 29.1 Å². The number of piperidine rings is 2. The van der Waals surface area contributed by atoms with Crippen molar-refractivity contribution in [3.63, 3.8) is 0 Å². The topological polar surface area (TPSA) is 181 Å². The lowest BCUT2D eigenvalue weighted by Gasteiger charge is -2.32. The highest BCUT2D eigenvalue weighted by molar-refractivity contribution is 6.06. The van der Waals surface area contributed by atoms with Crippen LogP contribution in [0.3, 0.4) is 0 Å². The second-order valence-electron chi connectivity index (χ2n) is 17.9. The van der Waals surface area contributed by atoms with Gasteiger partial charge in [-0.1, -0.05) is 24.3 Å². The van der Waals surface area contributed by atoms with Gasteiger partial charge in [-0.05, 0) is 103 Å². The molecule has 0 aliphatic carbocycles. The van der Waals surface area contributed by atoms with Crippen LogP contribution >= 0.6 is 0 Å². The number of benzene rings is 4. The average Bonchev–Trinajstić information content (AvgIpc) is 4.12. The molecule has 3 unspecified atom stereocenters. The standard InChI is InChI=1S/C50H46N8O7/c1-25-15-30(16-26(2)41(25)45-43(52-24-56(45)4)28-6-8-35-33(18-28)22-58(50(35)64)38-10-12-40(60)54-48(38)62)36-20-31(19-29-13-14-65-46(29)36)44-42(51-23-55(44)3)27-5-7-34-32(17-27)21-57(49(34)63)37-9-11-39(59)53-47(37)61/h5-8,15-20,23-24,37-39,59H,9-14,21-22H2,1-4H3,(H,53,61)(H,54,60,62). The van der Waals surface area contributed by atoms with Gasteiger partial charge in [0.25, 0.3) is 11.8 Å². The molecule has 0 spiro atoms. The molecular formula is C50H46N8O7. The maximum Gasteiger partial charge on any atom is 0.255 e. The summed E-state index contributed by atoms with van der Waals surface area (Å²) in [6.45, 7) is 5.36. The zero-order valence-electron chi connectivity index (χ0n) is 36.4. The molecule has 5 amide bonds. The number of ether oxygens (including phenoxy) is 1. The van der Waals surface area contributed by atoms with E-state index in [1.54, 1.807) is 22.5 Å². The van der Waals surface area contributed by atoms with Crippen molar-refractivity contribution in [3.8, 4) is 61.9 Å². The maximum atomic E-state index is 13.5. The zero-order valence-corrected chi connectivity index (χ0v) is 36.4. The van der Waals surface area contributed by atoms with E-state index in [2.05, 4.69) is 48.7 Å². The molecule has 2 aromatic heterocycles. The quantitative estimate of drug-likeness (QED) is 0.178. The number of fused-ring (bicyclic) bond motifs is 3. The maximum absolute atomic E-state index is 13.5. The first-order valence-corrected chi connectivity index (χ1v) is 22.0. The summed E-state index contributed by atoms with van der Waals surface area (Å²) >= 11 is 0. The SMILES string of the molecule is Cc1cc(-c2cc(-c3c(-c4ccc5c(c4)CN(C4CCC(O)NC4=O)C5=O)ncn3C)cc3c2OCC3)cc(C)c1-c1c(-c2ccc3c(c2)CN(C2CCC(=O)NC2=O)C3=O)ncn1C. The molecule has 4 aromatic carbocycles. The van der Waals surface area contributed by atoms with E-state index in [0.717, 1.165) is 96.1 Å². The Morgan fingerprint density at radius 2 is 1.22 bits per heavy atom. The van der Waals surface area contributed by atoms with Crippen LogP contribution in [0.4, 0.5) is 0 Å². The number of carbonyl (C=O) groups excluding carboxylic acids is 5.